The lowest BCUT2D eigenvalue weighted by molar-refractivity contribution is -0.121. The molecular formula is C10H13BrFN3O. The Morgan fingerprint density at radius 2 is 2.38 bits per heavy atom. The van der Waals surface area contributed by atoms with E-state index in [0.717, 1.165) is 0 Å². The number of nitrogens with one attached hydrogen (secondary N) is 2. The quantitative estimate of drug-likeness (QED) is 0.890. The van der Waals surface area contributed by atoms with Crippen LogP contribution in [0.1, 0.15) is 13.8 Å². The SMILES string of the molecule is CCNC(=O)C(C)Nc1ncc(Br)cc1F. The number of hydrogen-bond acceptors (Lipinski definition) is 3. The number of likely N-dealkylation sites (N-methyl/N-ethyl adjacent to an activating group) is 1. The second kappa shape index (κ2) is 5.79. The Morgan fingerprint density at radius 1 is 1.69 bits per heavy atom. The van der Waals surface area contributed by atoms with Crippen LogP contribution in [0.25, 0.3) is 0 Å². The van der Waals surface area contributed by atoms with Crippen LogP contribution >= 0.6 is 15.9 Å². The zero-order valence-electron chi connectivity index (χ0n) is 9.05. The van der Waals surface area contributed by atoms with Crippen molar-refractivity contribution in [1.29, 1.82) is 0 Å². The summed E-state index contributed by atoms with van der Waals surface area (Å²) in [7, 11) is 0. The fraction of sp³-hybridized carbons (Fsp3) is 0.400. The number of amides is 1. The minimum absolute atomic E-state index is 0.0713. The van der Waals surface area contributed by atoms with E-state index in [0.29, 0.717) is 11.0 Å². The van der Waals surface area contributed by atoms with Crippen LogP contribution in [0.5, 0.6) is 0 Å². The molecule has 1 heterocycles. The summed E-state index contributed by atoms with van der Waals surface area (Å²) in [5, 5.41) is 5.34. The Hall–Kier alpha value is -1.17. The maximum atomic E-state index is 13.4. The standard InChI is InChI=1S/C10H13BrFN3O/c1-3-13-10(16)6(2)15-9-8(12)4-7(11)5-14-9/h4-6H,3H2,1-2H3,(H,13,16)(H,14,15). The van der Waals surface area contributed by atoms with E-state index in [1.165, 1.54) is 12.3 Å². The van der Waals surface area contributed by atoms with Crippen LogP contribution in [0.3, 0.4) is 0 Å². The number of halogens is 2. The molecule has 0 radical (unpaired) electrons. The third-order valence-corrected chi connectivity index (χ3v) is 2.34. The van der Waals surface area contributed by atoms with Crippen LogP contribution in [-0.2, 0) is 4.79 Å². The smallest absolute Gasteiger partial charge is 0.242 e. The molecule has 0 saturated carbocycles. The number of hydrogen-bond donors (Lipinski definition) is 2. The zero-order valence-corrected chi connectivity index (χ0v) is 10.6. The number of rotatable bonds is 4. The monoisotopic (exact) mass is 289 g/mol. The highest BCUT2D eigenvalue weighted by atomic mass is 79.9. The molecule has 6 heteroatoms. The lowest BCUT2D eigenvalue weighted by atomic mass is 10.3. The average molecular weight is 290 g/mol. The third kappa shape index (κ3) is 3.44. The van der Waals surface area contributed by atoms with Gasteiger partial charge in [-0.3, -0.25) is 4.79 Å². The van der Waals surface area contributed by atoms with Crippen molar-refractivity contribution in [3.05, 3.63) is 22.6 Å². The predicted molar refractivity (Wildman–Crippen MR) is 63.7 cm³/mol. The highest BCUT2D eigenvalue weighted by molar-refractivity contribution is 9.10. The van der Waals surface area contributed by atoms with E-state index in [2.05, 4.69) is 31.5 Å². The van der Waals surface area contributed by atoms with Gasteiger partial charge in [-0.2, -0.15) is 0 Å². The van der Waals surface area contributed by atoms with Gasteiger partial charge in [-0.1, -0.05) is 0 Å². The summed E-state index contributed by atoms with van der Waals surface area (Å²) in [6.07, 6.45) is 1.47. The van der Waals surface area contributed by atoms with Gasteiger partial charge in [0.15, 0.2) is 11.6 Å². The summed E-state index contributed by atoms with van der Waals surface area (Å²) in [6, 6.07) is 0.767. The van der Waals surface area contributed by atoms with Crippen molar-refractivity contribution < 1.29 is 9.18 Å². The van der Waals surface area contributed by atoms with Crippen LogP contribution in [0.4, 0.5) is 10.2 Å². The van der Waals surface area contributed by atoms with E-state index in [1.807, 2.05) is 6.92 Å². The topological polar surface area (TPSA) is 54.0 Å². The molecule has 1 rings (SSSR count). The molecule has 1 aromatic rings. The number of carbonyl (C=O) groups excluding carboxylic acids is 1. The first-order chi connectivity index (χ1) is 7.54. The summed E-state index contributed by atoms with van der Waals surface area (Å²) in [5.74, 6) is -0.612. The highest BCUT2D eigenvalue weighted by Gasteiger charge is 2.14. The van der Waals surface area contributed by atoms with Gasteiger partial charge < -0.3 is 10.6 Å². The number of nitrogens with zero attached hydrogens (tertiary/aromatic N) is 1. The number of carbonyl (C=O) groups is 1. The summed E-state index contributed by atoms with van der Waals surface area (Å²) in [5.41, 5.74) is 0. The maximum absolute atomic E-state index is 13.4. The van der Waals surface area contributed by atoms with E-state index in [-0.39, 0.29) is 11.7 Å². The molecule has 4 nitrogen and oxygen atoms in total. The minimum atomic E-state index is -0.525. The molecule has 0 aromatic carbocycles. The molecule has 0 fully saturated rings. The molecular weight excluding hydrogens is 277 g/mol. The average Bonchev–Trinajstić information content (AvgIpc) is 2.22. The van der Waals surface area contributed by atoms with Crippen molar-refractivity contribution >= 4 is 27.7 Å². The minimum Gasteiger partial charge on any atom is -0.356 e. The summed E-state index contributed by atoms with van der Waals surface area (Å²) < 4.78 is 13.9. The van der Waals surface area contributed by atoms with Crippen molar-refractivity contribution in [2.75, 3.05) is 11.9 Å². The highest BCUT2D eigenvalue weighted by Crippen LogP contribution is 2.16. The van der Waals surface area contributed by atoms with Gasteiger partial charge in [-0.25, -0.2) is 9.37 Å². The van der Waals surface area contributed by atoms with Gasteiger partial charge in [0.1, 0.15) is 6.04 Å². The molecule has 88 valence electrons. The van der Waals surface area contributed by atoms with E-state index < -0.39 is 11.9 Å². The van der Waals surface area contributed by atoms with E-state index in [1.54, 1.807) is 6.92 Å². The van der Waals surface area contributed by atoms with Gasteiger partial charge >= 0.3 is 0 Å². The van der Waals surface area contributed by atoms with Gasteiger partial charge in [-0.05, 0) is 35.8 Å². The van der Waals surface area contributed by atoms with Crippen LogP contribution in [0.15, 0.2) is 16.7 Å². The molecule has 0 saturated heterocycles. The first kappa shape index (κ1) is 12.9. The molecule has 0 bridgehead atoms. The lowest BCUT2D eigenvalue weighted by Gasteiger charge is -2.14. The molecule has 1 atom stereocenters. The first-order valence-corrected chi connectivity index (χ1v) is 5.69. The number of aromatic nitrogens is 1. The van der Waals surface area contributed by atoms with Crippen molar-refractivity contribution in [2.24, 2.45) is 0 Å². The summed E-state index contributed by atoms with van der Waals surface area (Å²) >= 11 is 3.11. The predicted octanol–water partition coefficient (Wildman–Crippen LogP) is 1.92. The molecule has 0 aliphatic rings. The van der Waals surface area contributed by atoms with Gasteiger partial charge in [0.25, 0.3) is 0 Å². The van der Waals surface area contributed by atoms with E-state index in [4.69, 9.17) is 0 Å². The van der Waals surface area contributed by atoms with Crippen LogP contribution in [0.2, 0.25) is 0 Å². The Balaban J connectivity index is 2.69. The Morgan fingerprint density at radius 3 is 2.94 bits per heavy atom. The molecule has 2 N–H and O–H groups in total. The zero-order chi connectivity index (χ0) is 12.1. The van der Waals surface area contributed by atoms with Gasteiger partial charge in [0.2, 0.25) is 5.91 Å². The van der Waals surface area contributed by atoms with Crippen molar-refractivity contribution in [1.82, 2.24) is 10.3 Å². The molecule has 16 heavy (non-hydrogen) atoms. The normalized spacial score (nSPS) is 12.0. The molecule has 0 aliphatic heterocycles. The molecule has 1 aromatic heterocycles. The Bertz CT molecular complexity index is 386. The molecule has 0 aliphatic carbocycles. The second-order valence-corrected chi connectivity index (χ2v) is 4.16. The van der Waals surface area contributed by atoms with Crippen LogP contribution in [0, 0.1) is 5.82 Å². The summed E-state index contributed by atoms with van der Waals surface area (Å²) in [4.78, 5) is 15.2. The lowest BCUT2D eigenvalue weighted by Crippen LogP contribution is -2.37. The molecule has 1 amide bonds. The van der Waals surface area contributed by atoms with Crippen LogP contribution in [-0.4, -0.2) is 23.5 Å². The van der Waals surface area contributed by atoms with Crippen molar-refractivity contribution in [3.63, 3.8) is 0 Å². The van der Waals surface area contributed by atoms with Gasteiger partial charge in [0.05, 0.1) is 0 Å². The Kier molecular flexibility index (Phi) is 4.67. The molecule has 1 unspecified atom stereocenters. The van der Waals surface area contributed by atoms with Gasteiger partial charge in [-0.15, -0.1) is 0 Å². The number of pyridine rings is 1. The van der Waals surface area contributed by atoms with Gasteiger partial charge in [0, 0.05) is 17.2 Å². The summed E-state index contributed by atoms with van der Waals surface area (Å²) in [6.45, 7) is 4.01. The largest absolute Gasteiger partial charge is 0.356 e. The maximum Gasteiger partial charge on any atom is 0.242 e. The van der Waals surface area contributed by atoms with Crippen molar-refractivity contribution in [2.45, 2.75) is 19.9 Å². The fourth-order valence-corrected chi connectivity index (χ4v) is 1.42. The third-order valence-electron chi connectivity index (χ3n) is 1.91. The molecule has 0 spiro atoms. The second-order valence-electron chi connectivity index (χ2n) is 3.24. The van der Waals surface area contributed by atoms with E-state index in [9.17, 15) is 9.18 Å². The van der Waals surface area contributed by atoms with Crippen LogP contribution < -0.4 is 10.6 Å². The fourth-order valence-electron chi connectivity index (χ4n) is 1.12. The van der Waals surface area contributed by atoms with Crippen molar-refractivity contribution in [3.8, 4) is 0 Å². The Labute approximate surface area is 102 Å². The first-order valence-electron chi connectivity index (χ1n) is 4.90. The number of anilines is 1. The van der Waals surface area contributed by atoms with E-state index >= 15 is 0 Å².